The second-order valence-electron chi connectivity index (χ2n) is 6.41. The van der Waals surface area contributed by atoms with Gasteiger partial charge in [0.1, 0.15) is 11.5 Å². The zero-order valence-corrected chi connectivity index (χ0v) is 18.0. The van der Waals surface area contributed by atoms with Crippen LogP contribution in [0.15, 0.2) is 12.1 Å². The molecule has 27 heavy (non-hydrogen) atoms. The van der Waals surface area contributed by atoms with Gasteiger partial charge in [0, 0.05) is 38.3 Å². The molecule has 1 unspecified atom stereocenters. The molecule has 1 atom stereocenters. The highest BCUT2D eigenvalue weighted by Gasteiger charge is 2.29. The number of likely N-dealkylation sites (tertiary alicyclic amines) is 1. The maximum atomic E-state index is 12.7. The van der Waals surface area contributed by atoms with Gasteiger partial charge in [-0.2, -0.15) is 0 Å². The normalized spacial score (nSPS) is 16.6. The lowest BCUT2D eigenvalue weighted by Gasteiger charge is -2.36. The molecule has 0 aliphatic carbocycles. The van der Waals surface area contributed by atoms with Gasteiger partial charge in [-0.05, 0) is 38.9 Å². The molecule has 0 aromatic heterocycles. The fourth-order valence-corrected chi connectivity index (χ4v) is 3.82. The fraction of sp³-hybridized carbons (Fsp3) is 0.579. The lowest BCUT2D eigenvalue weighted by atomic mass is 9.96. The summed E-state index contributed by atoms with van der Waals surface area (Å²) < 4.78 is 10.7. The third-order valence-corrected chi connectivity index (χ3v) is 5.50. The highest BCUT2D eigenvalue weighted by molar-refractivity contribution is 7.80. The van der Waals surface area contributed by atoms with Crippen LogP contribution in [0.2, 0.25) is 5.02 Å². The number of amides is 1. The van der Waals surface area contributed by atoms with E-state index in [-0.39, 0.29) is 11.8 Å². The van der Waals surface area contributed by atoms with Gasteiger partial charge in [0.15, 0.2) is 5.11 Å². The van der Waals surface area contributed by atoms with E-state index >= 15 is 0 Å². The van der Waals surface area contributed by atoms with Crippen LogP contribution in [0.3, 0.4) is 0 Å². The summed E-state index contributed by atoms with van der Waals surface area (Å²) >= 11 is 11.8. The molecular weight excluding hydrogens is 386 g/mol. The summed E-state index contributed by atoms with van der Waals surface area (Å²) in [6, 6.07) is 3.45. The maximum Gasteiger partial charge on any atom is 0.227 e. The first-order valence-electron chi connectivity index (χ1n) is 9.21. The molecule has 1 aliphatic rings. The molecule has 0 saturated carbocycles. The number of thiocarbonyl (C=S) groups is 1. The van der Waals surface area contributed by atoms with Gasteiger partial charge in [-0.25, -0.2) is 0 Å². The number of rotatable bonds is 6. The standard InChI is InChI=1S/C19H28ClN3O3S/c1-5-22(6-2)18(24)13-8-7-9-23(12-13)19(27)21-15-11-16(25-3)14(20)10-17(15)26-4/h10-11,13H,5-9,12H2,1-4H3,(H,21,27). The van der Waals surface area contributed by atoms with Crippen molar-refractivity contribution >= 4 is 40.5 Å². The van der Waals surface area contributed by atoms with Crippen molar-refractivity contribution in [2.45, 2.75) is 26.7 Å². The van der Waals surface area contributed by atoms with E-state index in [1.807, 2.05) is 23.6 Å². The molecule has 1 aliphatic heterocycles. The van der Waals surface area contributed by atoms with Gasteiger partial charge in [-0.15, -0.1) is 0 Å². The summed E-state index contributed by atoms with van der Waals surface area (Å²) in [6.07, 6.45) is 1.83. The van der Waals surface area contributed by atoms with Crippen molar-refractivity contribution in [2.24, 2.45) is 5.92 Å². The Balaban J connectivity index is 2.10. The minimum absolute atomic E-state index is 0.0277. The van der Waals surface area contributed by atoms with Crippen molar-refractivity contribution in [3.05, 3.63) is 17.2 Å². The predicted octanol–water partition coefficient (Wildman–Crippen LogP) is 3.63. The minimum atomic E-state index is -0.0277. The number of carbonyl (C=O) groups is 1. The molecule has 1 heterocycles. The molecule has 1 aromatic carbocycles. The number of benzene rings is 1. The summed E-state index contributed by atoms with van der Waals surface area (Å²) in [5.41, 5.74) is 0.681. The smallest absolute Gasteiger partial charge is 0.227 e. The Kier molecular flexibility index (Phi) is 7.98. The van der Waals surface area contributed by atoms with Crippen molar-refractivity contribution < 1.29 is 14.3 Å². The Morgan fingerprint density at radius 3 is 2.56 bits per heavy atom. The number of ether oxygens (including phenoxy) is 2. The first-order chi connectivity index (χ1) is 12.9. The molecule has 0 spiro atoms. The summed E-state index contributed by atoms with van der Waals surface area (Å²) in [6.45, 7) is 6.92. The molecule has 1 aromatic rings. The average Bonchev–Trinajstić information content (AvgIpc) is 2.69. The van der Waals surface area contributed by atoms with Gasteiger partial charge < -0.3 is 24.6 Å². The highest BCUT2D eigenvalue weighted by atomic mass is 35.5. The first-order valence-corrected chi connectivity index (χ1v) is 9.99. The molecule has 0 bridgehead atoms. The molecule has 1 amide bonds. The molecule has 2 rings (SSSR count). The van der Waals surface area contributed by atoms with E-state index in [2.05, 4.69) is 5.32 Å². The van der Waals surface area contributed by atoms with Gasteiger partial charge in [0.2, 0.25) is 5.91 Å². The number of halogens is 1. The van der Waals surface area contributed by atoms with Crippen molar-refractivity contribution in [2.75, 3.05) is 45.7 Å². The van der Waals surface area contributed by atoms with Crippen molar-refractivity contribution in [1.29, 1.82) is 0 Å². The zero-order chi connectivity index (χ0) is 20.0. The summed E-state index contributed by atoms with van der Waals surface area (Å²) in [7, 11) is 3.13. The number of carbonyl (C=O) groups excluding carboxylic acids is 1. The van der Waals surface area contributed by atoms with Crippen LogP contribution in [0.25, 0.3) is 0 Å². The summed E-state index contributed by atoms with van der Waals surface area (Å²) in [4.78, 5) is 16.6. The lowest BCUT2D eigenvalue weighted by molar-refractivity contribution is -0.136. The van der Waals surface area contributed by atoms with Crippen molar-refractivity contribution in [1.82, 2.24) is 9.80 Å². The predicted molar refractivity (Wildman–Crippen MR) is 113 cm³/mol. The number of hydrogen-bond acceptors (Lipinski definition) is 4. The highest BCUT2D eigenvalue weighted by Crippen LogP contribution is 2.36. The number of anilines is 1. The lowest BCUT2D eigenvalue weighted by Crippen LogP contribution is -2.47. The van der Waals surface area contributed by atoms with Crippen molar-refractivity contribution in [3.63, 3.8) is 0 Å². The van der Waals surface area contributed by atoms with Crippen LogP contribution in [0.1, 0.15) is 26.7 Å². The molecule has 1 saturated heterocycles. The van der Waals surface area contributed by atoms with Gasteiger partial charge in [-0.1, -0.05) is 11.6 Å². The van der Waals surface area contributed by atoms with Crippen LogP contribution in [0.5, 0.6) is 11.5 Å². The SMILES string of the molecule is CCN(CC)C(=O)C1CCCN(C(=S)Nc2cc(OC)c(Cl)cc2OC)C1. The van der Waals surface area contributed by atoms with Gasteiger partial charge in [-0.3, -0.25) is 4.79 Å². The number of nitrogens with one attached hydrogen (secondary N) is 1. The van der Waals surface area contributed by atoms with Crippen LogP contribution in [0.4, 0.5) is 5.69 Å². The number of piperidine rings is 1. The Morgan fingerprint density at radius 1 is 1.30 bits per heavy atom. The van der Waals surface area contributed by atoms with Crippen LogP contribution >= 0.6 is 23.8 Å². The second-order valence-corrected chi connectivity index (χ2v) is 7.21. The number of methoxy groups -OCH3 is 2. The first kappa shape index (κ1) is 21.6. The van der Waals surface area contributed by atoms with E-state index < -0.39 is 0 Å². The molecule has 8 heteroatoms. The third kappa shape index (κ3) is 5.17. The summed E-state index contributed by atoms with van der Waals surface area (Å²) in [5.74, 6) is 1.30. The van der Waals surface area contributed by atoms with Crippen LogP contribution in [-0.4, -0.2) is 61.2 Å². The molecule has 6 nitrogen and oxygen atoms in total. The zero-order valence-electron chi connectivity index (χ0n) is 16.4. The Labute approximate surface area is 171 Å². The monoisotopic (exact) mass is 413 g/mol. The Bertz CT molecular complexity index is 682. The van der Waals surface area contributed by atoms with Crippen LogP contribution in [0, 0.1) is 5.92 Å². The van der Waals surface area contributed by atoms with E-state index in [1.54, 1.807) is 26.4 Å². The second kappa shape index (κ2) is 9.99. The van der Waals surface area contributed by atoms with Gasteiger partial charge in [0.25, 0.3) is 0 Å². The maximum absolute atomic E-state index is 12.7. The average molecular weight is 414 g/mol. The van der Waals surface area contributed by atoms with E-state index in [9.17, 15) is 4.79 Å². The van der Waals surface area contributed by atoms with E-state index in [1.165, 1.54) is 0 Å². The third-order valence-electron chi connectivity index (χ3n) is 4.85. The Hall–Kier alpha value is -1.73. The fourth-order valence-electron chi connectivity index (χ4n) is 3.31. The van der Waals surface area contributed by atoms with E-state index in [4.69, 9.17) is 33.3 Å². The van der Waals surface area contributed by atoms with Gasteiger partial charge >= 0.3 is 0 Å². The molecule has 1 fully saturated rings. The molecule has 150 valence electrons. The largest absolute Gasteiger partial charge is 0.495 e. The number of nitrogens with zero attached hydrogens (tertiary/aromatic N) is 2. The quantitative estimate of drug-likeness (QED) is 0.718. The van der Waals surface area contributed by atoms with Crippen molar-refractivity contribution in [3.8, 4) is 11.5 Å². The van der Waals surface area contributed by atoms with Gasteiger partial charge in [0.05, 0.1) is 30.8 Å². The van der Waals surface area contributed by atoms with E-state index in [0.29, 0.717) is 33.9 Å². The minimum Gasteiger partial charge on any atom is -0.495 e. The van der Waals surface area contributed by atoms with Crippen LogP contribution < -0.4 is 14.8 Å². The summed E-state index contributed by atoms with van der Waals surface area (Å²) in [5, 5.41) is 4.25. The molecular formula is C19H28ClN3O3S. The topological polar surface area (TPSA) is 54.0 Å². The van der Waals surface area contributed by atoms with Crippen LogP contribution in [-0.2, 0) is 4.79 Å². The molecule has 0 radical (unpaired) electrons. The van der Waals surface area contributed by atoms with E-state index in [0.717, 1.165) is 32.5 Å². The molecule has 1 N–H and O–H groups in total. The number of hydrogen-bond donors (Lipinski definition) is 1. The Morgan fingerprint density at radius 2 is 1.96 bits per heavy atom.